The predicted molar refractivity (Wildman–Crippen MR) is 24.8 cm³/mol. The van der Waals surface area contributed by atoms with Crippen LogP contribution in [-0.2, 0) is 0 Å². The van der Waals surface area contributed by atoms with Crippen molar-refractivity contribution in [2.24, 2.45) is 0 Å². The van der Waals surface area contributed by atoms with Crippen molar-refractivity contribution in [3.05, 3.63) is 11.6 Å². The van der Waals surface area contributed by atoms with Crippen LogP contribution in [0.4, 0.5) is 0 Å². The van der Waals surface area contributed by atoms with Crippen LogP contribution in [0.25, 0.3) is 0 Å². The number of hydroxylamine groups is 1. The molecule has 0 saturated carbocycles. The van der Waals surface area contributed by atoms with Crippen LogP contribution < -0.4 is 5.48 Å². The maximum Gasteiger partial charge on any atom is 0.0559 e. The Morgan fingerprint density at radius 1 is 2.00 bits per heavy atom. The number of hydrogen-bond donors (Lipinski definition) is 2. The fourth-order valence-corrected chi connectivity index (χ4v) is 0.146. The van der Waals surface area contributed by atoms with E-state index in [2.05, 4.69) is 6.58 Å². The lowest BCUT2D eigenvalue weighted by atomic mass is 10.6. The van der Waals surface area contributed by atoms with Gasteiger partial charge in [0.05, 0.1) is 6.54 Å². The summed E-state index contributed by atoms with van der Waals surface area (Å²) in [6.07, 6.45) is 0. The molecule has 0 aromatic rings. The molecule has 0 aliphatic heterocycles. The van der Waals surface area contributed by atoms with Gasteiger partial charge in [0.1, 0.15) is 0 Å². The molecule has 0 heterocycles. The van der Waals surface area contributed by atoms with Crippen LogP contribution in [0, 0.1) is 0 Å². The van der Waals surface area contributed by atoms with Crippen LogP contribution in [0.5, 0.6) is 0 Å². The molecule has 36 valence electrons. The van der Waals surface area contributed by atoms with Gasteiger partial charge in [-0.25, -0.2) is 5.48 Å². The van der Waals surface area contributed by atoms with Gasteiger partial charge in [0.15, 0.2) is 0 Å². The monoisotopic (exact) mass is 107 g/mol. The highest BCUT2D eigenvalue weighted by Gasteiger charge is 1.78. The van der Waals surface area contributed by atoms with Crippen molar-refractivity contribution in [1.29, 1.82) is 0 Å². The summed E-state index contributed by atoms with van der Waals surface area (Å²) in [6.45, 7) is 3.54. The summed E-state index contributed by atoms with van der Waals surface area (Å²) >= 11 is 5.16. The van der Waals surface area contributed by atoms with Gasteiger partial charge in [-0.2, -0.15) is 0 Å². The highest BCUT2D eigenvalue weighted by molar-refractivity contribution is 6.29. The summed E-state index contributed by atoms with van der Waals surface area (Å²) in [4.78, 5) is 0. The molecule has 0 fully saturated rings. The van der Waals surface area contributed by atoms with Gasteiger partial charge in [-0.3, -0.25) is 0 Å². The molecule has 2 nitrogen and oxygen atoms in total. The van der Waals surface area contributed by atoms with E-state index in [1.807, 2.05) is 5.48 Å². The molecule has 0 aromatic carbocycles. The van der Waals surface area contributed by atoms with Crippen molar-refractivity contribution in [3.63, 3.8) is 0 Å². The summed E-state index contributed by atoms with van der Waals surface area (Å²) in [5.41, 5.74) is 1.84. The van der Waals surface area contributed by atoms with Gasteiger partial charge in [-0.15, -0.1) is 0 Å². The van der Waals surface area contributed by atoms with Crippen LogP contribution >= 0.6 is 11.6 Å². The van der Waals surface area contributed by atoms with E-state index in [1.165, 1.54) is 0 Å². The third kappa shape index (κ3) is 3.95. The van der Waals surface area contributed by atoms with Crippen molar-refractivity contribution in [3.8, 4) is 0 Å². The van der Waals surface area contributed by atoms with Gasteiger partial charge in [0.25, 0.3) is 0 Å². The molecule has 0 aliphatic carbocycles. The van der Waals surface area contributed by atoms with Crippen molar-refractivity contribution in [2.75, 3.05) is 6.54 Å². The number of hydrogen-bond acceptors (Lipinski definition) is 2. The minimum Gasteiger partial charge on any atom is -0.316 e. The number of halogens is 1. The quantitative estimate of drug-likeness (QED) is 0.510. The molecule has 0 bridgehead atoms. The number of rotatable bonds is 2. The Bertz CT molecular complexity index is 54.8. The Hall–Kier alpha value is -0.0500. The lowest BCUT2D eigenvalue weighted by Crippen LogP contribution is -2.07. The Balaban J connectivity index is 2.83. The molecule has 0 radical (unpaired) electrons. The summed E-state index contributed by atoms with van der Waals surface area (Å²) in [5, 5.41) is 8.24. The van der Waals surface area contributed by atoms with Crippen LogP contribution in [0.3, 0.4) is 0 Å². The van der Waals surface area contributed by atoms with Crippen LogP contribution in [-0.4, -0.2) is 11.8 Å². The molecule has 0 aliphatic rings. The molecule has 2 N–H and O–H groups in total. The molecule has 0 atom stereocenters. The first-order valence-electron chi connectivity index (χ1n) is 1.47. The van der Waals surface area contributed by atoms with E-state index in [4.69, 9.17) is 16.8 Å². The van der Waals surface area contributed by atoms with Gasteiger partial charge < -0.3 is 5.21 Å². The van der Waals surface area contributed by atoms with Gasteiger partial charge in [-0.05, 0) is 0 Å². The molecule has 0 saturated heterocycles. The Morgan fingerprint density at radius 3 is 2.50 bits per heavy atom. The fourth-order valence-electron chi connectivity index (χ4n) is 0.0858. The predicted octanol–water partition coefficient (Wildman–Crippen LogP) is 0.718. The first-order chi connectivity index (χ1) is 2.77. The maximum absolute atomic E-state index is 7.84. The van der Waals surface area contributed by atoms with Crippen molar-refractivity contribution in [1.82, 2.24) is 5.48 Å². The van der Waals surface area contributed by atoms with Crippen molar-refractivity contribution in [2.45, 2.75) is 0 Å². The van der Waals surface area contributed by atoms with Gasteiger partial charge in [0, 0.05) is 5.03 Å². The second kappa shape index (κ2) is 3.15. The van der Waals surface area contributed by atoms with Gasteiger partial charge in [0.2, 0.25) is 0 Å². The SMILES string of the molecule is C=C(Cl)CNO. The lowest BCUT2D eigenvalue weighted by molar-refractivity contribution is 0.179. The maximum atomic E-state index is 7.84. The second-order valence-corrected chi connectivity index (χ2v) is 1.39. The molecule has 0 spiro atoms. The summed E-state index contributed by atoms with van der Waals surface area (Å²) in [6, 6.07) is 0. The smallest absolute Gasteiger partial charge is 0.0559 e. The third-order valence-electron chi connectivity index (χ3n) is 0.271. The van der Waals surface area contributed by atoms with Crippen molar-refractivity contribution < 1.29 is 5.21 Å². The van der Waals surface area contributed by atoms with Gasteiger partial charge in [-0.1, -0.05) is 18.2 Å². The Kier molecular flexibility index (Phi) is 3.13. The second-order valence-electron chi connectivity index (χ2n) is 0.852. The summed E-state index contributed by atoms with van der Waals surface area (Å²) in [5.74, 6) is 0. The molecule has 0 aromatic heterocycles. The molecule has 0 rings (SSSR count). The highest BCUT2D eigenvalue weighted by Crippen LogP contribution is 1.89. The van der Waals surface area contributed by atoms with Gasteiger partial charge >= 0.3 is 0 Å². The van der Waals surface area contributed by atoms with E-state index in [0.29, 0.717) is 5.03 Å². The fraction of sp³-hybridized carbons (Fsp3) is 0.333. The molecule has 3 heteroatoms. The van der Waals surface area contributed by atoms with Crippen LogP contribution in [0.2, 0.25) is 0 Å². The zero-order valence-corrected chi connectivity index (χ0v) is 4.00. The Morgan fingerprint density at radius 2 is 2.50 bits per heavy atom. The number of nitrogens with one attached hydrogen (secondary N) is 1. The minimum absolute atomic E-state index is 0.252. The molecule has 6 heavy (non-hydrogen) atoms. The van der Waals surface area contributed by atoms with Crippen molar-refractivity contribution >= 4 is 11.6 Å². The standard InChI is InChI=1S/C3H6ClNO/c1-3(4)2-5-6/h5-6H,1-2H2. The molecular formula is C3H6ClNO. The lowest BCUT2D eigenvalue weighted by Gasteiger charge is -1.87. The van der Waals surface area contributed by atoms with E-state index in [1.54, 1.807) is 0 Å². The average molecular weight is 108 g/mol. The normalized spacial score (nSPS) is 8.33. The topological polar surface area (TPSA) is 32.3 Å². The summed E-state index contributed by atoms with van der Waals surface area (Å²) < 4.78 is 0. The average Bonchev–Trinajstić information content (AvgIpc) is 1.35. The highest BCUT2D eigenvalue weighted by atomic mass is 35.5. The molecule has 0 unspecified atom stereocenters. The van der Waals surface area contributed by atoms with Crippen LogP contribution in [0.15, 0.2) is 11.6 Å². The Labute approximate surface area is 41.4 Å². The van der Waals surface area contributed by atoms with Crippen LogP contribution in [0.1, 0.15) is 0 Å². The zero-order chi connectivity index (χ0) is 4.99. The largest absolute Gasteiger partial charge is 0.316 e. The van der Waals surface area contributed by atoms with E-state index in [-0.39, 0.29) is 6.54 Å². The third-order valence-corrected chi connectivity index (χ3v) is 0.405. The van der Waals surface area contributed by atoms with E-state index >= 15 is 0 Å². The molecular weight excluding hydrogens is 101 g/mol. The summed E-state index contributed by atoms with van der Waals surface area (Å²) in [7, 11) is 0. The first-order valence-corrected chi connectivity index (χ1v) is 1.85. The van der Waals surface area contributed by atoms with E-state index in [9.17, 15) is 0 Å². The molecule has 0 amide bonds. The minimum atomic E-state index is 0.252. The zero-order valence-electron chi connectivity index (χ0n) is 3.24. The van der Waals surface area contributed by atoms with E-state index in [0.717, 1.165) is 0 Å². The van der Waals surface area contributed by atoms with E-state index < -0.39 is 0 Å². The first kappa shape index (κ1) is 5.95.